The van der Waals surface area contributed by atoms with Gasteiger partial charge in [-0.1, -0.05) is 29.8 Å². The Morgan fingerprint density at radius 2 is 1.79 bits per heavy atom. The highest BCUT2D eigenvalue weighted by Crippen LogP contribution is 2.55. The van der Waals surface area contributed by atoms with Crippen LogP contribution >= 0.6 is 11.6 Å². The molecule has 4 atom stereocenters. The number of carbonyl (C=O) groups excluding carboxylic acids is 4. The highest BCUT2D eigenvalue weighted by molar-refractivity contribution is 6.36. The first-order valence-corrected chi connectivity index (χ1v) is 8.98. The van der Waals surface area contributed by atoms with Gasteiger partial charge in [0.1, 0.15) is 0 Å². The Balaban J connectivity index is 1.77. The predicted octanol–water partition coefficient (Wildman–Crippen LogP) is 1.61. The highest BCUT2D eigenvalue weighted by atomic mass is 35.5. The molecule has 1 aromatic carbocycles. The molecule has 2 bridgehead atoms. The lowest BCUT2D eigenvalue weighted by Gasteiger charge is -2.34. The summed E-state index contributed by atoms with van der Waals surface area (Å²) in [5.74, 6) is -4.31. The standard InChI is InChI=1S/C19H16ClNO7/c1-9(22)26-18(27-10(2)23)19-8-7-13(28-19)14-15(19)17(25)21(16(14)24)12-6-4-3-5-11(12)20/h3-8,13-15,18H,1-2H3/t13-,14+,15+,19-/m0/s1. The molecule has 0 spiro atoms. The summed E-state index contributed by atoms with van der Waals surface area (Å²) in [6, 6.07) is 6.49. The minimum absolute atomic E-state index is 0.246. The Hall–Kier alpha value is -2.71. The minimum atomic E-state index is -1.57. The normalized spacial score (nSPS) is 30.1. The van der Waals surface area contributed by atoms with Crippen molar-refractivity contribution in [3.63, 3.8) is 0 Å². The first-order chi connectivity index (χ1) is 13.3. The van der Waals surface area contributed by atoms with Gasteiger partial charge in [-0.15, -0.1) is 0 Å². The zero-order valence-electron chi connectivity index (χ0n) is 15.0. The Morgan fingerprint density at radius 1 is 1.14 bits per heavy atom. The van der Waals surface area contributed by atoms with E-state index in [-0.39, 0.29) is 10.7 Å². The van der Waals surface area contributed by atoms with Crippen LogP contribution in [0.3, 0.4) is 0 Å². The fourth-order valence-electron chi connectivity index (χ4n) is 4.09. The molecule has 0 radical (unpaired) electrons. The Kier molecular flexibility index (Phi) is 4.28. The molecule has 2 fully saturated rings. The average molecular weight is 406 g/mol. The van der Waals surface area contributed by atoms with Crippen LogP contribution in [-0.4, -0.2) is 41.7 Å². The van der Waals surface area contributed by atoms with Crippen LogP contribution in [-0.2, 0) is 33.4 Å². The molecule has 4 rings (SSSR count). The fraction of sp³-hybridized carbons (Fsp3) is 0.368. The topological polar surface area (TPSA) is 99.2 Å². The smallest absolute Gasteiger partial charge is 0.305 e. The van der Waals surface area contributed by atoms with Crippen LogP contribution in [0, 0.1) is 11.8 Å². The van der Waals surface area contributed by atoms with E-state index < -0.39 is 53.6 Å². The Bertz CT molecular complexity index is 913. The van der Waals surface area contributed by atoms with E-state index in [1.54, 1.807) is 30.3 Å². The summed E-state index contributed by atoms with van der Waals surface area (Å²) in [4.78, 5) is 50.5. The van der Waals surface area contributed by atoms with Gasteiger partial charge in [-0.25, -0.2) is 4.90 Å². The maximum atomic E-state index is 13.3. The van der Waals surface area contributed by atoms with Gasteiger partial charge in [-0.05, 0) is 18.2 Å². The number of anilines is 1. The summed E-state index contributed by atoms with van der Waals surface area (Å²) in [5, 5.41) is 0.246. The van der Waals surface area contributed by atoms with Gasteiger partial charge in [-0.2, -0.15) is 0 Å². The monoisotopic (exact) mass is 405 g/mol. The van der Waals surface area contributed by atoms with Gasteiger partial charge in [0, 0.05) is 13.8 Å². The number of amides is 2. The quantitative estimate of drug-likeness (QED) is 0.324. The second-order valence-corrected chi connectivity index (χ2v) is 7.22. The second kappa shape index (κ2) is 6.42. The van der Waals surface area contributed by atoms with Gasteiger partial charge in [0.25, 0.3) is 6.29 Å². The maximum absolute atomic E-state index is 13.3. The Morgan fingerprint density at radius 3 is 2.39 bits per heavy atom. The van der Waals surface area contributed by atoms with Crippen molar-refractivity contribution in [3.05, 3.63) is 41.4 Å². The van der Waals surface area contributed by atoms with Gasteiger partial charge >= 0.3 is 11.9 Å². The van der Waals surface area contributed by atoms with Crippen LogP contribution in [0.15, 0.2) is 36.4 Å². The SMILES string of the molecule is CC(=O)OC(OC(C)=O)[C@@]12C=C[C@H](O1)[C@H]1C(=O)N(c3ccccc3Cl)C(=O)[C@@H]12. The van der Waals surface area contributed by atoms with E-state index in [1.165, 1.54) is 6.08 Å². The van der Waals surface area contributed by atoms with Crippen LogP contribution in [0.25, 0.3) is 0 Å². The number of esters is 2. The summed E-state index contributed by atoms with van der Waals surface area (Å²) in [5.41, 5.74) is -1.31. The van der Waals surface area contributed by atoms with Gasteiger partial charge in [0.15, 0.2) is 5.60 Å². The van der Waals surface area contributed by atoms with Crippen molar-refractivity contribution in [1.29, 1.82) is 0 Å². The summed E-state index contributed by atoms with van der Waals surface area (Å²) in [6.07, 6.45) is 0.934. The van der Waals surface area contributed by atoms with Crippen molar-refractivity contribution in [2.24, 2.45) is 11.8 Å². The molecular weight excluding hydrogens is 390 g/mol. The lowest BCUT2D eigenvalue weighted by atomic mass is 9.76. The van der Waals surface area contributed by atoms with Crippen LogP contribution in [0.5, 0.6) is 0 Å². The van der Waals surface area contributed by atoms with Gasteiger partial charge < -0.3 is 14.2 Å². The van der Waals surface area contributed by atoms with E-state index in [9.17, 15) is 19.2 Å². The zero-order valence-corrected chi connectivity index (χ0v) is 15.7. The molecule has 8 nitrogen and oxygen atoms in total. The summed E-state index contributed by atoms with van der Waals surface area (Å²) >= 11 is 6.18. The number of nitrogens with zero attached hydrogens (tertiary/aromatic N) is 1. The summed E-state index contributed by atoms with van der Waals surface area (Å²) < 4.78 is 16.2. The third-order valence-corrected chi connectivity index (χ3v) is 5.41. The highest BCUT2D eigenvalue weighted by Gasteiger charge is 2.72. The van der Waals surface area contributed by atoms with Crippen molar-refractivity contribution in [1.82, 2.24) is 0 Å². The van der Waals surface area contributed by atoms with Gasteiger partial charge in [-0.3, -0.25) is 19.2 Å². The minimum Gasteiger partial charge on any atom is -0.422 e. The molecule has 146 valence electrons. The number of rotatable bonds is 4. The molecule has 3 aliphatic heterocycles. The Labute approximate surface area is 165 Å². The number of fused-ring (bicyclic) bond motifs is 5. The van der Waals surface area contributed by atoms with E-state index in [2.05, 4.69) is 0 Å². The first-order valence-electron chi connectivity index (χ1n) is 8.60. The lowest BCUT2D eigenvalue weighted by molar-refractivity contribution is -0.226. The van der Waals surface area contributed by atoms with Crippen LogP contribution in [0.4, 0.5) is 5.69 Å². The summed E-state index contributed by atoms with van der Waals surface area (Å²) in [6.45, 7) is 2.29. The molecular formula is C19H16ClNO7. The number of ether oxygens (including phenoxy) is 3. The largest absolute Gasteiger partial charge is 0.422 e. The molecule has 3 aliphatic rings. The lowest BCUT2D eigenvalue weighted by Crippen LogP contribution is -2.52. The first kappa shape index (κ1) is 18.6. The number of carbonyl (C=O) groups is 4. The second-order valence-electron chi connectivity index (χ2n) is 6.81. The average Bonchev–Trinajstić information content (AvgIpc) is 3.26. The van der Waals surface area contributed by atoms with Crippen LogP contribution in [0.2, 0.25) is 5.02 Å². The van der Waals surface area contributed by atoms with Crippen LogP contribution < -0.4 is 4.90 Å². The van der Waals surface area contributed by atoms with E-state index in [4.69, 9.17) is 25.8 Å². The fourth-order valence-corrected chi connectivity index (χ4v) is 4.31. The summed E-state index contributed by atoms with van der Waals surface area (Å²) in [7, 11) is 0. The molecule has 0 saturated carbocycles. The number of benzene rings is 1. The molecule has 9 heteroatoms. The molecule has 0 aliphatic carbocycles. The van der Waals surface area contributed by atoms with Crippen molar-refractivity contribution >= 4 is 41.0 Å². The molecule has 0 unspecified atom stereocenters. The van der Waals surface area contributed by atoms with Crippen molar-refractivity contribution in [3.8, 4) is 0 Å². The number of para-hydroxylation sites is 1. The third-order valence-electron chi connectivity index (χ3n) is 5.09. The van der Waals surface area contributed by atoms with E-state index >= 15 is 0 Å². The molecule has 28 heavy (non-hydrogen) atoms. The van der Waals surface area contributed by atoms with E-state index in [0.717, 1.165) is 18.7 Å². The third kappa shape index (κ3) is 2.56. The van der Waals surface area contributed by atoms with Crippen LogP contribution in [0.1, 0.15) is 13.8 Å². The zero-order chi connectivity index (χ0) is 20.2. The van der Waals surface area contributed by atoms with E-state index in [1.807, 2.05) is 0 Å². The van der Waals surface area contributed by atoms with E-state index in [0.29, 0.717) is 0 Å². The molecule has 1 aromatic rings. The number of imide groups is 1. The predicted molar refractivity (Wildman–Crippen MR) is 95.0 cm³/mol. The molecule has 2 saturated heterocycles. The van der Waals surface area contributed by atoms with Crippen molar-refractivity contribution < 1.29 is 33.4 Å². The maximum Gasteiger partial charge on any atom is 0.305 e. The molecule has 0 aromatic heterocycles. The van der Waals surface area contributed by atoms with Gasteiger partial charge in [0.05, 0.1) is 28.6 Å². The molecule has 0 N–H and O–H groups in total. The van der Waals surface area contributed by atoms with Gasteiger partial charge in [0.2, 0.25) is 11.8 Å². The molecule has 3 heterocycles. The van der Waals surface area contributed by atoms with Crippen molar-refractivity contribution in [2.45, 2.75) is 31.8 Å². The number of halogens is 1. The number of hydrogen-bond acceptors (Lipinski definition) is 7. The number of hydrogen-bond donors (Lipinski definition) is 0. The van der Waals surface area contributed by atoms with Crippen molar-refractivity contribution in [2.75, 3.05) is 4.90 Å². The molecule has 2 amide bonds.